The molecule has 1 heterocycles. The molecule has 0 aromatic heterocycles. The maximum Gasteiger partial charge on any atom is 0.0246 e. The van der Waals surface area contributed by atoms with Crippen molar-refractivity contribution in [3.05, 3.63) is 0 Å². The molecular formula is C15H32N2. The predicted octanol–water partition coefficient (Wildman–Crippen LogP) is 3.40. The summed E-state index contributed by atoms with van der Waals surface area (Å²) in [6.45, 7) is 9.11. The molecule has 1 fully saturated rings. The van der Waals surface area contributed by atoms with Gasteiger partial charge in [-0.3, -0.25) is 4.90 Å². The minimum atomic E-state index is 0.609. The van der Waals surface area contributed by atoms with E-state index in [1.165, 1.54) is 51.5 Å². The molecule has 0 saturated carbocycles. The molecule has 0 amide bonds. The van der Waals surface area contributed by atoms with E-state index in [0.29, 0.717) is 6.04 Å². The molecule has 2 heteroatoms. The Kier molecular flexibility index (Phi) is 7.14. The Bertz CT molecular complexity index is 193. The van der Waals surface area contributed by atoms with Crippen LogP contribution < -0.4 is 5.73 Å². The van der Waals surface area contributed by atoms with Crippen LogP contribution in [-0.4, -0.2) is 30.1 Å². The standard InChI is InChI=1S/C15H32N2/c1-4-9-13(3)15(12-16)17-11-8-6-7-10-14(17)5-2/h13-15H,4-12,16H2,1-3H3. The minimum absolute atomic E-state index is 0.609. The number of nitrogens with zero attached hydrogens (tertiary/aromatic N) is 1. The zero-order valence-corrected chi connectivity index (χ0v) is 12.1. The van der Waals surface area contributed by atoms with E-state index in [4.69, 9.17) is 5.73 Å². The fourth-order valence-corrected chi connectivity index (χ4v) is 3.42. The second kappa shape index (κ2) is 8.10. The van der Waals surface area contributed by atoms with E-state index >= 15 is 0 Å². The molecule has 0 aliphatic carbocycles. The summed E-state index contributed by atoms with van der Waals surface area (Å²) in [5, 5.41) is 0. The van der Waals surface area contributed by atoms with Gasteiger partial charge in [0.2, 0.25) is 0 Å². The summed E-state index contributed by atoms with van der Waals surface area (Å²) < 4.78 is 0. The van der Waals surface area contributed by atoms with Gasteiger partial charge in [0.05, 0.1) is 0 Å². The van der Waals surface area contributed by atoms with Crippen LogP contribution in [0.4, 0.5) is 0 Å². The lowest BCUT2D eigenvalue weighted by atomic mass is 9.93. The number of nitrogens with two attached hydrogens (primary N) is 1. The van der Waals surface area contributed by atoms with Crippen LogP contribution in [0.2, 0.25) is 0 Å². The molecule has 0 radical (unpaired) electrons. The molecular weight excluding hydrogens is 208 g/mol. The maximum atomic E-state index is 6.06. The summed E-state index contributed by atoms with van der Waals surface area (Å²) in [5.41, 5.74) is 6.06. The van der Waals surface area contributed by atoms with E-state index in [9.17, 15) is 0 Å². The fraction of sp³-hybridized carbons (Fsp3) is 1.00. The van der Waals surface area contributed by atoms with Crippen LogP contribution in [-0.2, 0) is 0 Å². The van der Waals surface area contributed by atoms with Crippen molar-refractivity contribution in [1.29, 1.82) is 0 Å². The van der Waals surface area contributed by atoms with Crippen LogP contribution in [0.1, 0.15) is 65.7 Å². The van der Waals surface area contributed by atoms with Gasteiger partial charge in [0.15, 0.2) is 0 Å². The molecule has 2 nitrogen and oxygen atoms in total. The third-order valence-electron chi connectivity index (χ3n) is 4.46. The Morgan fingerprint density at radius 1 is 1.24 bits per heavy atom. The lowest BCUT2D eigenvalue weighted by Crippen LogP contribution is -2.49. The zero-order chi connectivity index (χ0) is 12.7. The zero-order valence-electron chi connectivity index (χ0n) is 12.1. The molecule has 17 heavy (non-hydrogen) atoms. The largest absolute Gasteiger partial charge is 0.329 e. The van der Waals surface area contributed by atoms with Gasteiger partial charge >= 0.3 is 0 Å². The van der Waals surface area contributed by atoms with Crippen LogP contribution in [0.15, 0.2) is 0 Å². The lowest BCUT2D eigenvalue weighted by molar-refractivity contribution is 0.0965. The van der Waals surface area contributed by atoms with Crippen molar-refractivity contribution < 1.29 is 0 Å². The van der Waals surface area contributed by atoms with Gasteiger partial charge in [0.1, 0.15) is 0 Å². The van der Waals surface area contributed by atoms with Gasteiger partial charge in [-0.15, -0.1) is 0 Å². The minimum Gasteiger partial charge on any atom is -0.329 e. The number of hydrogen-bond acceptors (Lipinski definition) is 2. The first-order valence-electron chi connectivity index (χ1n) is 7.70. The van der Waals surface area contributed by atoms with Crippen molar-refractivity contribution in [1.82, 2.24) is 4.90 Å². The van der Waals surface area contributed by atoms with E-state index < -0.39 is 0 Å². The van der Waals surface area contributed by atoms with Gasteiger partial charge < -0.3 is 5.73 Å². The molecule has 1 aliphatic heterocycles. The van der Waals surface area contributed by atoms with Crippen LogP contribution in [0.5, 0.6) is 0 Å². The Morgan fingerprint density at radius 3 is 2.59 bits per heavy atom. The summed E-state index contributed by atoms with van der Waals surface area (Å²) in [6.07, 6.45) is 9.45. The van der Waals surface area contributed by atoms with Crippen molar-refractivity contribution in [2.24, 2.45) is 11.7 Å². The quantitative estimate of drug-likeness (QED) is 0.771. The molecule has 1 aliphatic rings. The first kappa shape index (κ1) is 15.0. The fourth-order valence-electron chi connectivity index (χ4n) is 3.42. The summed E-state index contributed by atoms with van der Waals surface area (Å²) in [6, 6.07) is 1.39. The van der Waals surface area contributed by atoms with Crippen molar-refractivity contribution in [2.75, 3.05) is 13.1 Å². The van der Waals surface area contributed by atoms with E-state index in [2.05, 4.69) is 25.7 Å². The normalized spacial score (nSPS) is 26.5. The maximum absolute atomic E-state index is 6.06. The summed E-state index contributed by atoms with van der Waals surface area (Å²) in [7, 11) is 0. The van der Waals surface area contributed by atoms with Crippen LogP contribution in [0.25, 0.3) is 0 Å². The van der Waals surface area contributed by atoms with Gasteiger partial charge in [-0.1, -0.05) is 40.0 Å². The summed E-state index contributed by atoms with van der Waals surface area (Å²) >= 11 is 0. The molecule has 1 saturated heterocycles. The van der Waals surface area contributed by atoms with Gasteiger partial charge in [0.25, 0.3) is 0 Å². The van der Waals surface area contributed by atoms with E-state index in [0.717, 1.165) is 18.5 Å². The highest BCUT2D eigenvalue weighted by Gasteiger charge is 2.28. The first-order valence-corrected chi connectivity index (χ1v) is 7.70. The second-order valence-corrected chi connectivity index (χ2v) is 5.72. The Balaban J connectivity index is 2.68. The molecule has 102 valence electrons. The predicted molar refractivity (Wildman–Crippen MR) is 76.2 cm³/mol. The molecule has 2 N–H and O–H groups in total. The summed E-state index contributed by atoms with van der Waals surface area (Å²) in [4.78, 5) is 2.74. The molecule has 0 aromatic rings. The highest BCUT2D eigenvalue weighted by molar-refractivity contribution is 4.84. The van der Waals surface area contributed by atoms with Gasteiger partial charge in [0, 0.05) is 18.6 Å². The second-order valence-electron chi connectivity index (χ2n) is 5.72. The summed E-state index contributed by atoms with van der Waals surface area (Å²) in [5.74, 6) is 0.747. The van der Waals surface area contributed by atoms with Crippen molar-refractivity contribution in [3.8, 4) is 0 Å². The molecule has 3 unspecified atom stereocenters. The highest BCUT2D eigenvalue weighted by Crippen LogP contribution is 2.25. The van der Waals surface area contributed by atoms with E-state index in [1.807, 2.05) is 0 Å². The topological polar surface area (TPSA) is 29.3 Å². The van der Waals surface area contributed by atoms with Crippen molar-refractivity contribution in [3.63, 3.8) is 0 Å². The molecule has 0 bridgehead atoms. The number of hydrogen-bond donors (Lipinski definition) is 1. The first-order chi connectivity index (χ1) is 8.24. The molecule has 3 atom stereocenters. The SMILES string of the molecule is CCCC(C)C(CN)N1CCCCCC1CC. The van der Waals surface area contributed by atoms with E-state index in [-0.39, 0.29) is 0 Å². The average molecular weight is 240 g/mol. The molecule has 0 spiro atoms. The van der Waals surface area contributed by atoms with Crippen molar-refractivity contribution >= 4 is 0 Å². The Labute approximate surface area is 108 Å². The van der Waals surface area contributed by atoms with Gasteiger partial charge in [-0.25, -0.2) is 0 Å². The smallest absolute Gasteiger partial charge is 0.0246 e. The third-order valence-corrected chi connectivity index (χ3v) is 4.46. The van der Waals surface area contributed by atoms with Crippen molar-refractivity contribution in [2.45, 2.75) is 77.8 Å². The van der Waals surface area contributed by atoms with Gasteiger partial charge in [-0.2, -0.15) is 0 Å². The Morgan fingerprint density at radius 2 is 2.00 bits per heavy atom. The Hall–Kier alpha value is -0.0800. The van der Waals surface area contributed by atoms with Gasteiger partial charge in [-0.05, 0) is 38.1 Å². The molecule has 0 aromatic carbocycles. The molecule has 1 rings (SSSR count). The van der Waals surface area contributed by atoms with Crippen LogP contribution in [0.3, 0.4) is 0 Å². The van der Waals surface area contributed by atoms with E-state index in [1.54, 1.807) is 0 Å². The monoisotopic (exact) mass is 240 g/mol. The van der Waals surface area contributed by atoms with Crippen LogP contribution >= 0.6 is 0 Å². The number of rotatable bonds is 6. The third kappa shape index (κ3) is 4.26. The highest BCUT2D eigenvalue weighted by atomic mass is 15.2. The number of likely N-dealkylation sites (tertiary alicyclic amines) is 1. The van der Waals surface area contributed by atoms with Crippen LogP contribution in [0, 0.1) is 5.92 Å². The average Bonchev–Trinajstić information content (AvgIpc) is 2.56. The lowest BCUT2D eigenvalue weighted by Gasteiger charge is -2.39.